The molecule has 0 saturated heterocycles. The van der Waals surface area contributed by atoms with E-state index < -0.39 is 23.4 Å². The molecular formula is C18H14F5N3OS. The number of nitrogens with one attached hydrogen (secondary N) is 1. The molecule has 148 valence electrons. The Morgan fingerprint density at radius 2 is 1.79 bits per heavy atom. The van der Waals surface area contributed by atoms with Crippen molar-refractivity contribution in [1.82, 2.24) is 14.9 Å². The number of nitrogens with zero attached hydrogens (tertiary/aromatic N) is 2. The Labute approximate surface area is 160 Å². The highest BCUT2D eigenvalue weighted by atomic mass is 32.2. The van der Waals surface area contributed by atoms with Gasteiger partial charge in [-0.2, -0.15) is 22.0 Å². The number of thioether (sulfide) groups is 1. The molecule has 1 heterocycles. The average Bonchev–Trinajstić information content (AvgIpc) is 2.96. The van der Waals surface area contributed by atoms with Crippen molar-refractivity contribution in [3.8, 4) is 0 Å². The van der Waals surface area contributed by atoms with E-state index >= 15 is 0 Å². The van der Waals surface area contributed by atoms with Crippen molar-refractivity contribution in [1.29, 1.82) is 0 Å². The highest BCUT2D eigenvalue weighted by molar-refractivity contribution is 7.99. The topological polar surface area (TPSA) is 46.9 Å². The fourth-order valence-electron chi connectivity index (χ4n) is 2.59. The number of hydrogen-bond donors (Lipinski definition) is 1. The van der Waals surface area contributed by atoms with Crippen molar-refractivity contribution >= 4 is 28.7 Å². The van der Waals surface area contributed by atoms with Crippen molar-refractivity contribution < 1.29 is 26.7 Å². The van der Waals surface area contributed by atoms with Gasteiger partial charge >= 0.3 is 6.18 Å². The van der Waals surface area contributed by atoms with Crippen LogP contribution in [0.25, 0.3) is 11.0 Å². The summed E-state index contributed by atoms with van der Waals surface area (Å²) in [5.74, 6) is -3.16. The summed E-state index contributed by atoms with van der Waals surface area (Å²) in [6.45, 7) is -0.225. The maximum Gasteiger partial charge on any atom is 0.416 e. The van der Waals surface area contributed by atoms with Gasteiger partial charge in [-0.1, -0.05) is 24.3 Å². The van der Waals surface area contributed by atoms with Crippen LogP contribution < -0.4 is 5.32 Å². The van der Waals surface area contributed by atoms with Gasteiger partial charge in [-0.25, -0.2) is 4.98 Å². The molecule has 0 radical (unpaired) electrons. The van der Waals surface area contributed by atoms with Crippen LogP contribution in [-0.4, -0.2) is 21.2 Å². The van der Waals surface area contributed by atoms with Gasteiger partial charge in [0.05, 0.1) is 16.6 Å². The minimum Gasteiger partial charge on any atom is -0.350 e. The van der Waals surface area contributed by atoms with Gasteiger partial charge in [0, 0.05) is 6.54 Å². The van der Waals surface area contributed by atoms with Crippen molar-refractivity contribution in [3.63, 3.8) is 0 Å². The quantitative estimate of drug-likeness (QED) is 0.470. The van der Waals surface area contributed by atoms with Gasteiger partial charge < -0.3 is 9.88 Å². The second-order valence-corrected chi connectivity index (χ2v) is 6.78. The first-order chi connectivity index (χ1) is 13.2. The summed E-state index contributed by atoms with van der Waals surface area (Å²) in [5, 5.41) is 2.59. The lowest BCUT2D eigenvalue weighted by atomic mass is 10.1. The summed E-state index contributed by atoms with van der Waals surface area (Å²) in [4.78, 5) is 16.4. The van der Waals surface area contributed by atoms with Crippen LogP contribution in [0.1, 0.15) is 11.1 Å². The van der Waals surface area contributed by atoms with Crippen LogP contribution in [0.4, 0.5) is 22.0 Å². The van der Waals surface area contributed by atoms with Crippen molar-refractivity contribution in [2.75, 3.05) is 0 Å². The molecule has 0 atom stereocenters. The zero-order valence-electron chi connectivity index (χ0n) is 14.2. The number of carbonyl (C=O) groups is 1. The molecule has 3 aromatic rings. The predicted molar refractivity (Wildman–Crippen MR) is 94.9 cm³/mol. The molecule has 0 bridgehead atoms. The van der Waals surface area contributed by atoms with Crippen molar-refractivity contribution in [2.45, 2.75) is 30.2 Å². The summed E-state index contributed by atoms with van der Waals surface area (Å²) < 4.78 is 64.6. The SMILES string of the molecule is O=C(Cn1c(SC(F)F)nc2ccccc21)NCc1ccc(C(F)(F)F)cc1. The molecule has 0 aliphatic heterocycles. The Kier molecular flexibility index (Phi) is 5.87. The first kappa shape index (κ1) is 20.1. The van der Waals surface area contributed by atoms with Gasteiger partial charge in [-0.05, 0) is 41.6 Å². The van der Waals surface area contributed by atoms with Gasteiger partial charge in [0.25, 0.3) is 5.76 Å². The maximum atomic E-state index is 12.8. The van der Waals surface area contributed by atoms with E-state index in [1.807, 2.05) is 0 Å². The van der Waals surface area contributed by atoms with E-state index in [1.165, 1.54) is 16.7 Å². The molecule has 1 aromatic heterocycles. The number of imidazole rings is 1. The summed E-state index contributed by atoms with van der Waals surface area (Å²) >= 11 is 0.243. The Morgan fingerprint density at radius 3 is 2.43 bits per heavy atom. The van der Waals surface area contributed by atoms with E-state index in [1.54, 1.807) is 24.3 Å². The summed E-state index contributed by atoms with van der Waals surface area (Å²) in [5.41, 5.74) is 0.733. The first-order valence-electron chi connectivity index (χ1n) is 8.07. The van der Waals surface area contributed by atoms with Crippen LogP contribution in [0.3, 0.4) is 0 Å². The van der Waals surface area contributed by atoms with Crippen molar-refractivity contribution in [3.05, 3.63) is 59.7 Å². The molecule has 0 unspecified atom stereocenters. The Morgan fingerprint density at radius 1 is 1.11 bits per heavy atom. The molecule has 2 aromatic carbocycles. The zero-order chi connectivity index (χ0) is 20.3. The molecule has 4 nitrogen and oxygen atoms in total. The number of benzene rings is 2. The number of fused-ring (bicyclic) bond motifs is 1. The second kappa shape index (κ2) is 8.17. The smallest absolute Gasteiger partial charge is 0.350 e. The number of alkyl halides is 5. The monoisotopic (exact) mass is 415 g/mol. The summed E-state index contributed by atoms with van der Waals surface area (Å²) in [7, 11) is 0. The normalized spacial score (nSPS) is 11.9. The van der Waals surface area contributed by atoms with Crippen molar-refractivity contribution in [2.24, 2.45) is 0 Å². The largest absolute Gasteiger partial charge is 0.416 e. The van der Waals surface area contributed by atoms with Crippen LogP contribution in [0, 0.1) is 0 Å². The number of carbonyl (C=O) groups excluding carboxylic acids is 1. The van der Waals surface area contributed by atoms with E-state index in [4.69, 9.17) is 0 Å². The van der Waals surface area contributed by atoms with E-state index in [2.05, 4.69) is 10.3 Å². The Balaban J connectivity index is 1.69. The molecular weight excluding hydrogens is 401 g/mol. The van der Waals surface area contributed by atoms with Gasteiger partial charge in [0.1, 0.15) is 6.54 Å². The van der Waals surface area contributed by atoms with E-state index in [-0.39, 0.29) is 30.0 Å². The molecule has 10 heteroatoms. The lowest BCUT2D eigenvalue weighted by Crippen LogP contribution is -2.27. The standard InChI is InChI=1S/C18H14F5N3OS/c19-16(20)28-17-25-13-3-1-2-4-14(13)26(17)10-15(27)24-9-11-5-7-12(8-6-11)18(21,22)23/h1-8,16H,9-10H2,(H,24,27). The molecule has 1 N–H and O–H groups in total. The number of rotatable bonds is 6. The lowest BCUT2D eigenvalue weighted by molar-refractivity contribution is -0.137. The predicted octanol–water partition coefficient (Wildman–Crippen LogP) is 4.69. The second-order valence-electron chi connectivity index (χ2n) is 5.82. The molecule has 0 fully saturated rings. The number of hydrogen-bond acceptors (Lipinski definition) is 3. The van der Waals surface area contributed by atoms with Crippen LogP contribution in [0.2, 0.25) is 0 Å². The molecule has 0 saturated carbocycles. The average molecular weight is 415 g/mol. The molecule has 0 spiro atoms. The van der Waals surface area contributed by atoms with E-state index in [0.717, 1.165) is 12.1 Å². The third kappa shape index (κ3) is 4.80. The molecule has 0 aliphatic rings. The Hall–Kier alpha value is -2.62. The third-order valence-corrected chi connectivity index (χ3v) is 4.59. The Bertz CT molecular complexity index is 970. The number of halogens is 5. The summed E-state index contributed by atoms with van der Waals surface area (Å²) in [6, 6.07) is 11.1. The number of para-hydroxylation sites is 2. The zero-order valence-corrected chi connectivity index (χ0v) is 15.0. The van der Waals surface area contributed by atoms with Gasteiger partial charge in [-0.15, -0.1) is 0 Å². The van der Waals surface area contributed by atoms with E-state index in [9.17, 15) is 26.7 Å². The molecule has 1 amide bonds. The van der Waals surface area contributed by atoms with E-state index in [0.29, 0.717) is 16.6 Å². The molecule has 28 heavy (non-hydrogen) atoms. The maximum absolute atomic E-state index is 12.8. The van der Waals surface area contributed by atoms with Gasteiger partial charge in [-0.3, -0.25) is 4.79 Å². The minimum absolute atomic E-state index is 0.0147. The molecule has 3 rings (SSSR count). The summed E-state index contributed by atoms with van der Waals surface area (Å²) in [6.07, 6.45) is -4.43. The van der Waals surface area contributed by atoms with Crippen LogP contribution >= 0.6 is 11.8 Å². The fraction of sp³-hybridized carbons (Fsp3) is 0.222. The third-order valence-electron chi connectivity index (χ3n) is 3.89. The van der Waals surface area contributed by atoms with Crippen LogP contribution in [0.5, 0.6) is 0 Å². The van der Waals surface area contributed by atoms with Gasteiger partial charge in [0.2, 0.25) is 5.91 Å². The fourth-order valence-corrected chi connectivity index (χ4v) is 3.19. The minimum atomic E-state index is -4.43. The first-order valence-corrected chi connectivity index (χ1v) is 8.95. The molecule has 0 aliphatic carbocycles. The van der Waals surface area contributed by atoms with Crippen LogP contribution in [0.15, 0.2) is 53.7 Å². The highest BCUT2D eigenvalue weighted by Gasteiger charge is 2.29. The van der Waals surface area contributed by atoms with Crippen LogP contribution in [-0.2, 0) is 24.1 Å². The highest BCUT2D eigenvalue weighted by Crippen LogP contribution is 2.29. The van der Waals surface area contributed by atoms with Gasteiger partial charge in [0.15, 0.2) is 5.16 Å². The number of amides is 1. The number of aromatic nitrogens is 2. The lowest BCUT2D eigenvalue weighted by Gasteiger charge is -2.11.